The maximum absolute atomic E-state index is 4.97. The van der Waals surface area contributed by atoms with Crippen LogP contribution in [0.1, 0.15) is 0 Å². The van der Waals surface area contributed by atoms with Crippen molar-refractivity contribution < 1.29 is 0 Å². The Morgan fingerprint density at radius 3 is 1.28 bits per heavy atom. The zero-order valence-corrected chi connectivity index (χ0v) is 24.4. The van der Waals surface area contributed by atoms with E-state index in [1.807, 2.05) is 79.1 Å². The van der Waals surface area contributed by atoms with Gasteiger partial charge in [0.15, 0.2) is 17.5 Å². The van der Waals surface area contributed by atoms with Crippen molar-refractivity contribution in [1.29, 1.82) is 0 Å². The number of rotatable bonds is 6. The molecule has 0 saturated carbocycles. The van der Waals surface area contributed by atoms with Crippen molar-refractivity contribution in [2.24, 2.45) is 0 Å². The zero-order valence-electron chi connectivity index (χ0n) is 22.8. The SMILES string of the molecule is Brc1cc(-c2ccncc2)cc(-c2nc(-c3ccc(-c4cccnc4)cc3)nc(-c3ccc(-c4cccnc4)cc3)n2)c1. The first-order valence-electron chi connectivity index (χ1n) is 13.7. The molecular formula is C36H23BrN6. The molecule has 0 fully saturated rings. The average Bonchev–Trinajstić information content (AvgIpc) is 3.09. The summed E-state index contributed by atoms with van der Waals surface area (Å²) in [5.74, 6) is 1.78. The fraction of sp³-hybridized carbons (Fsp3) is 0. The van der Waals surface area contributed by atoms with Crippen LogP contribution in [0, 0.1) is 0 Å². The van der Waals surface area contributed by atoms with E-state index in [1.54, 1.807) is 24.8 Å². The third-order valence-corrected chi connectivity index (χ3v) is 7.54. The maximum Gasteiger partial charge on any atom is 0.164 e. The van der Waals surface area contributed by atoms with Crippen LogP contribution in [0.3, 0.4) is 0 Å². The molecule has 43 heavy (non-hydrogen) atoms. The molecule has 4 heterocycles. The van der Waals surface area contributed by atoms with Crippen LogP contribution in [0.2, 0.25) is 0 Å². The van der Waals surface area contributed by atoms with Crippen molar-refractivity contribution in [3.05, 3.63) is 145 Å². The second-order valence-electron chi connectivity index (χ2n) is 9.91. The van der Waals surface area contributed by atoms with Crippen LogP contribution < -0.4 is 0 Å². The van der Waals surface area contributed by atoms with E-state index in [1.165, 1.54) is 0 Å². The molecule has 0 atom stereocenters. The van der Waals surface area contributed by atoms with E-state index in [0.29, 0.717) is 17.5 Å². The van der Waals surface area contributed by atoms with Gasteiger partial charge in [0, 0.05) is 58.3 Å². The highest BCUT2D eigenvalue weighted by molar-refractivity contribution is 9.10. The number of nitrogens with zero attached hydrogens (tertiary/aromatic N) is 6. The first-order valence-corrected chi connectivity index (χ1v) is 14.5. The van der Waals surface area contributed by atoms with E-state index in [4.69, 9.17) is 15.0 Å². The van der Waals surface area contributed by atoms with Gasteiger partial charge in [-0.2, -0.15) is 0 Å². The summed E-state index contributed by atoms with van der Waals surface area (Å²) in [7, 11) is 0. The lowest BCUT2D eigenvalue weighted by Gasteiger charge is -2.11. The zero-order chi connectivity index (χ0) is 29.0. The lowest BCUT2D eigenvalue weighted by molar-refractivity contribution is 1.07. The van der Waals surface area contributed by atoms with Crippen LogP contribution >= 0.6 is 15.9 Å². The van der Waals surface area contributed by atoms with Crippen molar-refractivity contribution in [1.82, 2.24) is 29.9 Å². The van der Waals surface area contributed by atoms with Gasteiger partial charge in [-0.15, -0.1) is 0 Å². The summed E-state index contributed by atoms with van der Waals surface area (Å²) in [6.45, 7) is 0. The lowest BCUT2D eigenvalue weighted by Crippen LogP contribution is -2.00. The molecule has 7 rings (SSSR count). The molecule has 0 saturated heterocycles. The predicted octanol–water partition coefficient (Wildman–Crippen LogP) is 8.82. The van der Waals surface area contributed by atoms with Gasteiger partial charge in [-0.1, -0.05) is 76.6 Å². The van der Waals surface area contributed by atoms with Crippen LogP contribution in [-0.4, -0.2) is 29.9 Å². The number of hydrogen-bond donors (Lipinski definition) is 0. The van der Waals surface area contributed by atoms with Crippen molar-refractivity contribution in [2.75, 3.05) is 0 Å². The van der Waals surface area contributed by atoms with Crippen molar-refractivity contribution in [2.45, 2.75) is 0 Å². The number of aromatic nitrogens is 6. The van der Waals surface area contributed by atoms with Gasteiger partial charge in [0.2, 0.25) is 0 Å². The normalized spacial score (nSPS) is 10.9. The summed E-state index contributed by atoms with van der Waals surface area (Å²) >= 11 is 3.70. The molecule has 0 bridgehead atoms. The predicted molar refractivity (Wildman–Crippen MR) is 174 cm³/mol. The largest absolute Gasteiger partial charge is 0.265 e. The molecule has 0 N–H and O–H groups in total. The first kappa shape index (κ1) is 26.5. The number of benzene rings is 3. The summed E-state index contributed by atoms with van der Waals surface area (Å²) in [6, 6.07) is 34.6. The second-order valence-corrected chi connectivity index (χ2v) is 10.8. The van der Waals surface area contributed by atoms with E-state index >= 15 is 0 Å². The standard InChI is InChI=1S/C36H23BrN6/c37-33-20-31(26-13-17-38-18-14-26)19-32(21-33)36-42-34(27-9-5-24(6-10-27)29-3-1-15-39-22-29)41-35(43-36)28-11-7-25(8-12-28)30-4-2-16-40-23-30/h1-23H. The van der Waals surface area contributed by atoms with Gasteiger partial charge >= 0.3 is 0 Å². The third-order valence-electron chi connectivity index (χ3n) is 7.08. The minimum Gasteiger partial charge on any atom is -0.265 e. The minimum absolute atomic E-state index is 0.587. The Morgan fingerprint density at radius 2 is 0.791 bits per heavy atom. The summed E-state index contributed by atoms with van der Waals surface area (Å²) in [5, 5.41) is 0. The maximum atomic E-state index is 4.97. The van der Waals surface area contributed by atoms with Crippen molar-refractivity contribution in [3.63, 3.8) is 0 Å². The van der Waals surface area contributed by atoms with E-state index in [9.17, 15) is 0 Å². The van der Waals surface area contributed by atoms with E-state index < -0.39 is 0 Å². The van der Waals surface area contributed by atoms with Crippen LogP contribution in [0.25, 0.3) is 67.5 Å². The highest BCUT2D eigenvalue weighted by Gasteiger charge is 2.14. The molecule has 0 radical (unpaired) electrons. The first-order chi connectivity index (χ1) is 21.2. The number of pyridine rings is 3. The molecule has 3 aromatic carbocycles. The summed E-state index contributed by atoms with van der Waals surface area (Å²) < 4.78 is 0.932. The molecule has 204 valence electrons. The van der Waals surface area contributed by atoms with Gasteiger partial charge in [-0.05, 0) is 75.8 Å². The van der Waals surface area contributed by atoms with E-state index in [2.05, 4.69) is 67.3 Å². The summed E-state index contributed by atoms with van der Waals surface area (Å²) in [5.41, 5.74) is 9.03. The third kappa shape index (κ3) is 5.84. The van der Waals surface area contributed by atoms with Gasteiger partial charge in [-0.3, -0.25) is 15.0 Å². The molecule has 7 aromatic rings. The highest BCUT2D eigenvalue weighted by Crippen LogP contribution is 2.32. The molecule has 0 aliphatic heterocycles. The quantitative estimate of drug-likeness (QED) is 0.185. The Morgan fingerprint density at radius 1 is 0.349 bits per heavy atom. The topological polar surface area (TPSA) is 77.3 Å². The van der Waals surface area contributed by atoms with Crippen LogP contribution in [-0.2, 0) is 0 Å². The van der Waals surface area contributed by atoms with Crippen LogP contribution in [0.4, 0.5) is 0 Å². The highest BCUT2D eigenvalue weighted by atomic mass is 79.9. The minimum atomic E-state index is 0.587. The Hall–Kier alpha value is -5.40. The lowest BCUT2D eigenvalue weighted by atomic mass is 10.0. The fourth-order valence-electron chi connectivity index (χ4n) is 4.88. The Balaban J connectivity index is 1.34. The van der Waals surface area contributed by atoms with Crippen LogP contribution in [0.5, 0.6) is 0 Å². The Labute approximate surface area is 257 Å². The molecule has 7 heteroatoms. The molecule has 0 unspecified atom stereocenters. The van der Waals surface area contributed by atoms with Gasteiger partial charge in [-0.25, -0.2) is 15.0 Å². The summed E-state index contributed by atoms with van der Waals surface area (Å²) in [4.78, 5) is 27.5. The molecule has 0 amide bonds. The molecular weight excluding hydrogens is 596 g/mol. The monoisotopic (exact) mass is 618 g/mol. The van der Waals surface area contributed by atoms with Gasteiger partial charge in [0.1, 0.15) is 0 Å². The number of halogens is 1. The molecule has 4 aromatic heterocycles. The fourth-order valence-corrected chi connectivity index (χ4v) is 5.38. The Kier molecular flexibility index (Phi) is 7.29. The van der Waals surface area contributed by atoms with Crippen molar-refractivity contribution in [3.8, 4) is 67.5 Å². The van der Waals surface area contributed by atoms with Gasteiger partial charge in [0.05, 0.1) is 0 Å². The molecule has 0 spiro atoms. The van der Waals surface area contributed by atoms with E-state index in [-0.39, 0.29) is 0 Å². The number of hydrogen-bond acceptors (Lipinski definition) is 6. The Bertz CT molecular complexity index is 1900. The second kappa shape index (κ2) is 11.8. The van der Waals surface area contributed by atoms with Gasteiger partial charge in [0.25, 0.3) is 0 Å². The molecule has 0 aliphatic carbocycles. The van der Waals surface area contributed by atoms with Gasteiger partial charge < -0.3 is 0 Å². The molecule has 0 aliphatic rings. The smallest absolute Gasteiger partial charge is 0.164 e. The van der Waals surface area contributed by atoms with E-state index in [0.717, 1.165) is 54.5 Å². The van der Waals surface area contributed by atoms with Crippen LogP contribution in [0.15, 0.2) is 145 Å². The van der Waals surface area contributed by atoms with Crippen molar-refractivity contribution >= 4 is 15.9 Å². The summed E-state index contributed by atoms with van der Waals surface area (Å²) in [6.07, 6.45) is 10.8. The molecule has 6 nitrogen and oxygen atoms in total. The average molecular weight is 620 g/mol.